The third kappa shape index (κ3) is 4.07. The van der Waals surface area contributed by atoms with E-state index in [0.29, 0.717) is 0 Å². The molecule has 0 radical (unpaired) electrons. The van der Waals surface area contributed by atoms with Crippen molar-refractivity contribution < 1.29 is 14.7 Å². The lowest BCUT2D eigenvalue weighted by Crippen LogP contribution is -2.30. The van der Waals surface area contributed by atoms with E-state index in [1.54, 1.807) is 0 Å². The van der Waals surface area contributed by atoms with Crippen LogP contribution in [0, 0.1) is 0 Å². The van der Waals surface area contributed by atoms with Gasteiger partial charge in [-0.3, -0.25) is 4.79 Å². The van der Waals surface area contributed by atoms with Gasteiger partial charge in [0.25, 0.3) is 0 Å². The molecule has 4 nitrogen and oxygen atoms in total. The van der Waals surface area contributed by atoms with Gasteiger partial charge in [0, 0.05) is 11.1 Å². The molecule has 0 aliphatic heterocycles. The summed E-state index contributed by atoms with van der Waals surface area (Å²) in [4.78, 5) is 23.4. The van der Waals surface area contributed by atoms with Crippen molar-refractivity contribution in [2.75, 3.05) is 0 Å². The second-order valence-corrected chi connectivity index (χ2v) is 5.28. The van der Waals surface area contributed by atoms with Gasteiger partial charge >= 0.3 is 5.97 Å². The minimum Gasteiger partial charge on any atom is -0.478 e. The number of rotatable bonds is 5. The number of nitrogens with one attached hydrogen (secondary N) is 1. The van der Waals surface area contributed by atoms with Gasteiger partial charge in [0.15, 0.2) is 0 Å². The lowest BCUT2D eigenvalue weighted by Gasteiger charge is -2.20. The van der Waals surface area contributed by atoms with E-state index in [1.165, 1.54) is 13.8 Å². The van der Waals surface area contributed by atoms with E-state index in [9.17, 15) is 9.59 Å². The predicted molar refractivity (Wildman–Crippen MR) is 88.9 cm³/mol. The van der Waals surface area contributed by atoms with Gasteiger partial charge in [-0.15, -0.1) is 0 Å². The van der Waals surface area contributed by atoms with Crippen LogP contribution in [-0.4, -0.2) is 17.0 Å². The van der Waals surface area contributed by atoms with Crippen LogP contribution in [0.1, 0.15) is 31.0 Å². The largest absolute Gasteiger partial charge is 0.478 e. The Hall–Kier alpha value is -2.88. The monoisotopic (exact) mass is 309 g/mol. The SMILES string of the molecule is C/C(C(=O)O)=C(\C)C(=O)NC(c1ccccc1)c1ccccc1. The van der Waals surface area contributed by atoms with Crippen LogP contribution in [0.2, 0.25) is 0 Å². The molecule has 2 rings (SSSR count). The first-order chi connectivity index (χ1) is 11.0. The minimum absolute atomic E-state index is 0.0439. The summed E-state index contributed by atoms with van der Waals surface area (Å²) < 4.78 is 0. The molecule has 0 spiro atoms. The van der Waals surface area contributed by atoms with E-state index in [2.05, 4.69) is 5.32 Å². The summed E-state index contributed by atoms with van der Waals surface area (Å²) in [5.74, 6) is -1.48. The molecule has 0 fully saturated rings. The molecule has 2 N–H and O–H groups in total. The molecule has 4 heteroatoms. The summed E-state index contributed by atoms with van der Waals surface area (Å²) in [5, 5.41) is 12.0. The Balaban J connectivity index is 2.35. The molecule has 1 amide bonds. The zero-order valence-corrected chi connectivity index (χ0v) is 13.1. The highest BCUT2D eigenvalue weighted by molar-refractivity contribution is 6.01. The van der Waals surface area contributed by atoms with E-state index >= 15 is 0 Å². The molecule has 0 bridgehead atoms. The topological polar surface area (TPSA) is 66.4 Å². The van der Waals surface area contributed by atoms with E-state index in [-0.39, 0.29) is 23.1 Å². The van der Waals surface area contributed by atoms with Crippen molar-refractivity contribution in [1.82, 2.24) is 5.32 Å². The first-order valence-electron chi connectivity index (χ1n) is 7.32. The lowest BCUT2D eigenvalue weighted by molar-refractivity contribution is -0.133. The average Bonchev–Trinajstić information content (AvgIpc) is 2.59. The summed E-state index contributed by atoms with van der Waals surface area (Å²) in [6.07, 6.45) is 0. The number of hydrogen-bond acceptors (Lipinski definition) is 2. The van der Waals surface area contributed by atoms with Gasteiger partial charge in [-0.05, 0) is 25.0 Å². The van der Waals surface area contributed by atoms with Crippen molar-refractivity contribution in [1.29, 1.82) is 0 Å². The lowest BCUT2D eigenvalue weighted by atomic mass is 9.98. The molecule has 2 aromatic carbocycles. The number of amides is 1. The zero-order valence-electron chi connectivity index (χ0n) is 13.1. The Morgan fingerprint density at radius 2 is 1.26 bits per heavy atom. The van der Waals surface area contributed by atoms with Crippen LogP contribution < -0.4 is 5.32 Å². The number of carboxylic acid groups (broad SMARTS) is 1. The molecular weight excluding hydrogens is 290 g/mol. The van der Waals surface area contributed by atoms with Gasteiger partial charge in [-0.1, -0.05) is 60.7 Å². The number of aliphatic carboxylic acids is 1. The van der Waals surface area contributed by atoms with E-state index < -0.39 is 5.97 Å². The van der Waals surface area contributed by atoms with E-state index in [0.717, 1.165) is 11.1 Å². The summed E-state index contributed by atoms with van der Waals surface area (Å²) in [5.41, 5.74) is 2.12. The number of carbonyl (C=O) groups excluding carboxylic acids is 1. The highest BCUT2D eigenvalue weighted by Gasteiger charge is 2.19. The molecule has 0 heterocycles. The average molecular weight is 309 g/mol. The van der Waals surface area contributed by atoms with Crippen LogP contribution in [0.4, 0.5) is 0 Å². The van der Waals surface area contributed by atoms with Gasteiger partial charge in [0.05, 0.1) is 6.04 Å². The second kappa shape index (κ2) is 7.40. The molecule has 0 saturated heterocycles. The highest BCUT2D eigenvalue weighted by atomic mass is 16.4. The molecule has 0 atom stereocenters. The Bertz CT molecular complexity index is 681. The Labute approximate surface area is 135 Å². The molecule has 0 aliphatic rings. The predicted octanol–water partition coefficient (Wildman–Crippen LogP) is 3.31. The first-order valence-corrected chi connectivity index (χ1v) is 7.32. The second-order valence-electron chi connectivity index (χ2n) is 5.28. The smallest absolute Gasteiger partial charge is 0.331 e. The van der Waals surface area contributed by atoms with Crippen LogP contribution >= 0.6 is 0 Å². The maximum absolute atomic E-state index is 12.4. The Kier molecular flexibility index (Phi) is 5.31. The van der Waals surface area contributed by atoms with Crippen molar-refractivity contribution in [2.45, 2.75) is 19.9 Å². The molecule has 2 aromatic rings. The van der Waals surface area contributed by atoms with Crippen molar-refractivity contribution >= 4 is 11.9 Å². The van der Waals surface area contributed by atoms with Crippen LogP contribution in [0.25, 0.3) is 0 Å². The number of benzene rings is 2. The fraction of sp³-hybridized carbons (Fsp3) is 0.158. The third-order valence-corrected chi connectivity index (χ3v) is 3.77. The number of carbonyl (C=O) groups is 2. The zero-order chi connectivity index (χ0) is 16.8. The molecule has 118 valence electrons. The Morgan fingerprint density at radius 1 is 0.826 bits per heavy atom. The van der Waals surface area contributed by atoms with E-state index in [1.807, 2.05) is 60.7 Å². The van der Waals surface area contributed by atoms with Gasteiger partial charge in [-0.2, -0.15) is 0 Å². The fourth-order valence-corrected chi connectivity index (χ4v) is 2.22. The van der Waals surface area contributed by atoms with Crippen molar-refractivity contribution in [2.24, 2.45) is 0 Å². The fourth-order valence-electron chi connectivity index (χ4n) is 2.22. The molecule has 0 aromatic heterocycles. The summed E-state index contributed by atoms with van der Waals surface area (Å²) in [6, 6.07) is 18.8. The normalized spacial score (nSPS) is 11.8. The number of hydrogen-bond donors (Lipinski definition) is 2. The Morgan fingerprint density at radius 3 is 1.65 bits per heavy atom. The molecule has 0 unspecified atom stereocenters. The highest BCUT2D eigenvalue weighted by Crippen LogP contribution is 2.22. The van der Waals surface area contributed by atoms with E-state index in [4.69, 9.17) is 5.11 Å². The molecular formula is C19H19NO3. The van der Waals surface area contributed by atoms with Crippen LogP contribution in [0.3, 0.4) is 0 Å². The quantitative estimate of drug-likeness (QED) is 0.833. The molecule has 0 saturated carbocycles. The molecule has 23 heavy (non-hydrogen) atoms. The van der Waals surface area contributed by atoms with Crippen molar-refractivity contribution in [3.8, 4) is 0 Å². The van der Waals surface area contributed by atoms with Crippen LogP contribution in [-0.2, 0) is 9.59 Å². The van der Waals surface area contributed by atoms with Crippen molar-refractivity contribution in [3.05, 3.63) is 82.9 Å². The van der Waals surface area contributed by atoms with Gasteiger partial charge < -0.3 is 10.4 Å². The van der Waals surface area contributed by atoms with Crippen molar-refractivity contribution in [3.63, 3.8) is 0 Å². The number of carboxylic acids is 1. The molecule has 0 aliphatic carbocycles. The maximum Gasteiger partial charge on any atom is 0.331 e. The summed E-state index contributed by atoms with van der Waals surface area (Å²) in [6.45, 7) is 2.95. The van der Waals surface area contributed by atoms with Crippen LogP contribution in [0.5, 0.6) is 0 Å². The maximum atomic E-state index is 12.4. The first kappa shape index (κ1) is 16.5. The standard InChI is InChI=1S/C19H19NO3/c1-13(14(2)19(22)23)18(21)20-17(15-9-5-3-6-10-15)16-11-7-4-8-12-16/h3-12,17H,1-2H3,(H,20,21)(H,22,23)/b14-13-. The summed E-state index contributed by atoms with van der Waals surface area (Å²) >= 11 is 0. The summed E-state index contributed by atoms with van der Waals surface area (Å²) in [7, 11) is 0. The minimum atomic E-state index is -1.09. The third-order valence-electron chi connectivity index (χ3n) is 3.77. The van der Waals surface area contributed by atoms with Crippen LogP contribution in [0.15, 0.2) is 71.8 Å². The van der Waals surface area contributed by atoms with Gasteiger partial charge in [-0.25, -0.2) is 4.79 Å². The van der Waals surface area contributed by atoms with Gasteiger partial charge in [0.1, 0.15) is 0 Å². The van der Waals surface area contributed by atoms with Gasteiger partial charge in [0.2, 0.25) is 5.91 Å².